The summed E-state index contributed by atoms with van der Waals surface area (Å²) in [6, 6.07) is -0.0130. The normalized spacial score (nSPS) is 27.8. The van der Waals surface area contributed by atoms with Crippen LogP contribution in [-0.2, 0) is 14.8 Å². The Labute approximate surface area is 104 Å². The average molecular weight is 264 g/mol. The second kappa shape index (κ2) is 5.65. The van der Waals surface area contributed by atoms with Crippen LogP contribution in [0.2, 0.25) is 0 Å². The molecule has 1 rings (SSSR count). The van der Waals surface area contributed by atoms with Crippen LogP contribution < -0.4 is 10.0 Å². The molecule has 102 valence electrons. The van der Waals surface area contributed by atoms with Gasteiger partial charge in [0.1, 0.15) is 0 Å². The topological polar surface area (TPSA) is 67.4 Å². The van der Waals surface area contributed by atoms with Crippen molar-refractivity contribution < 1.29 is 13.2 Å². The first-order valence-corrected chi connectivity index (χ1v) is 7.75. The van der Waals surface area contributed by atoms with E-state index in [-0.39, 0.29) is 23.3 Å². The summed E-state index contributed by atoms with van der Waals surface area (Å²) in [5.41, 5.74) is -0.122. The number of ether oxygens (including phenoxy) is 1. The first kappa shape index (κ1) is 14.9. The Balaban J connectivity index is 2.50. The van der Waals surface area contributed by atoms with E-state index in [2.05, 4.69) is 10.0 Å². The highest BCUT2D eigenvalue weighted by atomic mass is 32.2. The van der Waals surface area contributed by atoms with E-state index in [0.717, 1.165) is 6.42 Å². The molecule has 0 aromatic carbocycles. The quantitative estimate of drug-likeness (QED) is 0.695. The predicted octanol–water partition coefficient (Wildman–Crippen LogP) is 0.329. The van der Waals surface area contributed by atoms with Crippen molar-refractivity contribution in [3.05, 3.63) is 0 Å². The molecule has 0 aliphatic heterocycles. The summed E-state index contributed by atoms with van der Waals surface area (Å²) in [7, 11) is -1.44. The Morgan fingerprint density at radius 2 is 2.06 bits per heavy atom. The molecule has 0 spiro atoms. The molecule has 2 atom stereocenters. The van der Waals surface area contributed by atoms with Crippen molar-refractivity contribution in [2.75, 3.05) is 26.0 Å². The monoisotopic (exact) mass is 264 g/mol. The summed E-state index contributed by atoms with van der Waals surface area (Å²) >= 11 is 0. The maximum Gasteiger partial charge on any atom is 0.213 e. The van der Waals surface area contributed by atoms with Crippen LogP contribution in [0.1, 0.15) is 27.2 Å². The molecule has 5 nitrogen and oxygen atoms in total. The van der Waals surface area contributed by atoms with Crippen LogP contribution in [0, 0.1) is 5.41 Å². The fourth-order valence-electron chi connectivity index (χ4n) is 2.08. The third-order valence-corrected chi connectivity index (χ3v) is 4.87. The third-order valence-electron chi connectivity index (χ3n) is 3.49. The van der Waals surface area contributed by atoms with Gasteiger partial charge in [0.15, 0.2) is 0 Å². The smallest absolute Gasteiger partial charge is 0.213 e. The Bertz CT molecular complexity index is 341. The summed E-state index contributed by atoms with van der Waals surface area (Å²) in [6.45, 7) is 7.19. The van der Waals surface area contributed by atoms with Gasteiger partial charge in [-0.25, -0.2) is 13.1 Å². The highest BCUT2D eigenvalue weighted by molar-refractivity contribution is 7.89. The first-order chi connectivity index (χ1) is 7.83. The number of hydrogen-bond donors (Lipinski definition) is 2. The van der Waals surface area contributed by atoms with Gasteiger partial charge in [-0.3, -0.25) is 0 Å². The van der Waals surface area contributed by atoms with E-state index in [9.17, 15) is 8.42 Å². The Kier molecular flexibility index (Phi) is 4.95. The molecule has 1 fully saturated rings. The van der Waals surface area contributed by atoms with E-state index in [0.29, 0.717) is 13.2 Å². The van der Waals surface area contributed by atoms with Gasteiger partial charge in [-0.1, -0.05) is 13.8 Å². The van der Waals surface area contributed by atoms with Crippen molar-refractivity contribution in [1.82, 2.24) is 10.0 Å². The van der Waals surface area contributed by atoms with Gasteiger partial charge in [-0.15, -0.1) is 0 Å². The minimum Gasteiger partial charge on any atom is -0.378 e. The minimum absolute atomic E-state index is 0.0130. The van der Waals surface area contributed by atoms with Crippen LogP contribution in [0.25, 0.3) is 0 Å². The Hall–Kier alpha value is -0.170. The largest absolute Gasteiger partial charge is 0.378 e. The fourth-order valence-corrected chi connectivity index (χ4v) is 3.51. The van der Waals surface area contributed by atoms with Gasteiger partial charge in [0.2, 0.25) is 10.0 Å². The van der Waals surface area contributed by atoms with Gasteiger partial charge in [-0.2, -0.15) is 0 Å². The lowest BCUT2D eigenvalue weighted by molar-refractivity contribution is -0.108. The van der Waals surface area contributed by atoms with Gasteiger partial charge in [0, 0.05) is 24.6 Å². The van der Waals surface area contributed by atoms with E-state index in [1.165, 1.54) is 0 Å². The van der Waals surface area contributed by atoms with Crippen LogP contribution in [0.3, 0.4) is 0 Å². The molecule has 17 heavy (non-hydrogen) atoms. The maximum absolute atomic E-state index is 11.8. The van der Waals surface area contributed by atoms with Crippen LogP contribution in [-0.4, -0.2) is 46.5 Å². The SMILES string of the molecule is CCOC1CC(NS(=O)(=O)CCNC)C1(C)C. The minimum atomic E-state index is -3.18. The van der Waals surface area contributed by atoms with E-state index in [1.54, 1.807) is 7.05 Å². The number of nitrogens with one attached hydrogen (secondary N) is 2. The lowest BCUT2D eigenvalue weighted by atomic mass is 9.65. The molecule has 0 aromatic heterocycles. The molecule has 0 radical (unpaired) electrons. The number of sulfonamides is 1. The summed E-state index contributed by atoms with van der Waals surface area (Å²) < 4.78 is 31.8. The Morgan fingerprint density at radius 1 is 1.41 bits per heavy atom. The molecule has 1 aliphatic carbocycles. The molecule has 0 heterocycles. The van der Waals surface area contributed by atoms with E-state index in [4.69, 9.17) is 4.74 Å². The zero-order valence-corrected chi connectivity index (χ0v) is 11.9. The van der Waals surface area contributed by atoms with Crippen molar-refractivity contribution in [3.63, 3.8) is 0 Å². The van der Waals surface area contributed by atoms with Crippen LogP contribution in [0.5, 0.6) is 0 Å². The molecule has 0 aromatic rings. The highest BCUT2D eigenvalue weighted by Crippen LogP contribution is 2.42. The van der Waals surface area contributed by atoms with Gasteiger partial charge < -0.3 is 10.1 Å². The summed E-state index contributed by atoms with van der Waals surface area (Å²) in [5, 5.41) is 2.84. The van der Waals surface area contributed by atoms with E-state index in [1.807, 2.05) is 20.8 Å². The van der Waals surface area contributed by atoms with E-state index < -0.39 is 10.0 Å². The van der Waals surface area contributed by atoms with Gasteiger partial charge in [-0.05, 0) is 20.4 Å². The highest BCUT2D eigenvalue weighted by Gasteiger charge is 2.50. The molecular formula is C11H24N2O3S. The van der Waals surface area contributed by atoms with Crippen LogP contribution in [0.4, 0.5) is 0 Å². The van der Waals surface area contributed by atoms with Crippen molar-refractivity contribution in [2.45, 2.75) is 39.3 Å². The molecule has 2 N–H and O–H groups in total. The van der Waals surface area contributed by atoms with Crippen LogP contribution in [0.15, 0.2) is 0 Å². The number of rotatable bonds is 7. The maximum atomic E-state index is 11.8. The summed E-state index contributed by atoms with van der Waals surface area (Å²) in [4.78, 5) is 0. The molecule has 1 aliphatic rings. The summed E-state index contributed by atoms with van der Waals surface area (Å²) in [5.74, 6) is 0.120. The van der Waals surface area contributed by atoms with Crippen molar-refractivity contribution in [3.8, 4) is 0 Å². The van der Waals surface area contributed by atoms with Crippen molar-refractivity contribution in [1.29, 1.82) is 0 Å². The van der Waals surface area contributed by atoms with Gasteiger partial charge in [0.25, 0.3) is 0 Å². The Morgan fingerprint density at radius 3 is 2.53 bits per heavy atom. The standard InChI is InChI=1S/C11H24N2O3S/c1-5-16-10-8-9(11(10,2)3)13-17(14,15)7-6-12-4/h9-10,12-13H,5-8H2,1-4H3. The van der Waals surface area contributed by atoms with Crippen molar-refractivity contribution in [2.24, 2.45) is 5.41 Å². The lowest BCUT2D eigenvalue weighted by Gasteiger charge is -2.51. The molecule has 0 amide bonds. The predicted molar refractivity (Wildman–Crippen MR) is 68.4 cm³/mol. The lowest BCUT2D eigenvalue weighted by Crippen LogP contribution is -2.62. The third kappa shape index (κ3) is 3.64. The second-order valence-corrected chi connectivity index (χ2v) is 6.97. The van der Waals surface area contributed by atoms with Gasteiger partial charge in [0.05, 0.1) is 11.9 Å². The second-order valence-electron chi connectivity index (χ2n) is 5.09. The first-order valence-electron chi connectivity index (χ1n) is 6.09. The van der Waals surface area contributed by atoms with Crippen LogP contribution >= 0.6 is 0 Å². The molecule has 0 bridgehead atoms. The summed E-state index contributed by atoms with van der Waals surface area (Å²) in [6.07, 6.45) is 0.920. The van der Waals surface area contributed by atoms with Gasteiger partial charge >= 0.3 is 0 Å². The zero-order chi connectivity index (χ0) is 13.1. The molecule has 1 saturated carbocycles. The molecule has 0 saturated heterocycles. The molecule has 2 unspecified atom stereocenters. The van der Waals surface area contributed by atoms with E-state index >= 15 is 0 Å². The fraction of sp³-hybridized carbons (Fsp3) is 1.00. The number of hydrogen-bond acceptors (Lipinski definition) is 4. The zero-order valence-electron chi connectivity index (χ0n) is 11.1. The van der Waals surface area contributed by atoms with Crippen molar-refractivity contribution >= 4 is 10.0 Å². The molecule has 6 heteroatoms. The average Bonchev–Trinajstić information content (AvgIpc) is 2.25. The molecular weight excluding hydrogens is 240 g/mol.